The van der Waals surface area contributed by atoms with E-state index in [1.54, 1.807) is 29.2 Å². The van der Waals surface area contributed by atoms with Gasteiger partial charge in [0.1, 0.15) is 0 Å². The van der Waals surface area contributed by atoms with E-state index >= 15 is 0 Å². The van der Waals surface area contributed by atoms with Crippen molar-refractivity contribution in [1.29, 1.82) is 5.26 Å². The summed E-state index contributed by atoms with van der Waals surface area (Å²) in [6.07, 6.45) is 3.33. The number of hydrogen-bond donors (Lipinski definition) is 0. The average Bonchev–Trinajstić information content (AvgIpc) is 2.71. The molecule has 3 nitrogen and oxygen atoms in total. The molecule has 0 N–H and O–H groups in total. The Morgan fingerprint density at radius 3 is 2.62 bits per heavy atom. The highest BCUT2D eigenvalue weighted by atomic mass is 15.3. The SMILES string of the molecule is N#Cc1ccc(-n2c[c]cn2)cc1. The smallest absolute Gasteiger partial charge is 0.0991 e. The fourth-order valence-corrected chi connectivity index (χ4v) is 1.06. The summed E-state index contributed by atoms with van der Waals surface area (Å²) in [6.45, 7) is 0. The van der Waals surface area contributed by atoms with Gasteiger partial charge in [0.25, 0.3) is 0 Å². The van der Waals surface area contributed by atoms with Crippen LogP contribution in [0.1, 0.15) is 5.56 Å². The number of nitriles is 1. The van der Waals surface area contributed by atoms with Gasteiger partial charge >= 0.3 is 0 Å². The summed E-state index contributed by atoms with van der Waals surface area (Å²) in [5, 5.41) is 12.6. The first kappa shape index (κ1) is 7.56. The third kappa shape index (κ3) is 1.42. The van der Waals surface area contributed by atoms with Crippen molar-refractivity contribution in [2.45, 2.75) is 0 Å². The molecule has 0 bridgehead atoms. The van der Waals surface area contributed by atoms with Crippen LogP contribution in [-0.2, 0) is 0 Å². The predicted molar refractivity (Wildman–Crippen MR) is 47.1 cm³/mol. The van der Waals surface area contributed by atoms with Crippen LogP contribution in [0.4, 0.5) is 0 Å². The molecule has 0 aliphatic rings. The van der Waals surface area contributed by atoms with Crippen molar-refractivity contribution in [2.24, 2.45) is 0 Å². The van der Waals surface area contributed by atoms with Crippen LogP contribution in [0.5, 0.6) is 0 Å². The lowest BCUT2D eigenvalue weighted by molar-refractivity contribution is 0.880. The fraction of sp³-hybridized carbons (Fsp3) is 0. The maximum atomic E-state index is 8.58. The van der Waals surface area contributed by atoms with Gasteiger partial charge in [-0.3, -0.25) is 0 Å². The van der Waals surface area contributed by atoms with E-state index in [-0.39, 0.29) is 0 Å². The molecule has 2 rings (SSSR count). The molecule has 61 valence electrons. The van der Waals surface area contributed by atoms with Crippen molar-refractivity contribution in [2.75, 3.05) is 0 Å². The molecule has 0 spiro atoms. The molecule has 0 aliphatic heterocycles. The second kappa shape index (κ2) is 3.11. The van der Waals surface area contributed by atoms with Crippen LogP contribution in [0.3, 0.4) is 0 Å². The molecule has 0 unspecified atom stereocenters. The molecule has 0 atom stereocenters. The lowest BCUT2D eigenvalue weighted by Gasteiger charge is -1.99. The molecule has 13 heavy (non-hydrogen) atoms. The van der Waals surface area contributed by atoms with Crippen LogP contribution < -0.4 is 0 Å². The molecule has 2 aromatic rings. The highest BCUT2D eigenvalue weighted by molar-refractivity contribution is 5.38. The molecule has 1 heterocycles. The first-order chi connectivity index (χ1) is 6.40. The second-order valence-corrected chi connectivity index (χ2v) is 2.54. The Bertz CT molecular complexity index is 420. The van der Waals surface area contributed by atoms with Crippen molar-refractivity contribution < 1.29 is 0 Å². The van der Waals surface area contributed by atoms with Gasteiger partial charge in [-0.05, 0) is 24.3 Å². The summed E-state index contributed by atoms with van der Waals surface area (Å²) < 4.78 is 1.70. The third-order valence-electron chi connectivity index (χ3n) is 1.71. The number of hydrogen-bond acceptors (Lipinski definition) is 2. The summed E-state index contributed by atoms with van der Waals surface area (Å²) in [6, 6.07) is 12.1. The molecule has 0 aliphatic carbocycles. The van der Waals surface area contributed by atoms with Gasteiger partial charge in [0.15, 0.2) is 0 Å². The highest BCUT2D eigenvalue weighted by Gasteiger charge is 1.95. The predicted octanol–water partition coefficient (Wildman–Crippen LogP) is 1.54. The summed E-state index contributed by atoms with van der Waals surface area (Å²) in [5.74, 6) is 0. The van der Waals surface area contributed by atoms with Crippen LogP contribution >= 0.6 is 0 Å². The summed E-state index contributed by atoms with van der Waals surface area (Å²) >= 11 is 0. The molecule has 0 amide bonds. The van der Waals surface area contributed by atoms with Gasteiger partial charge in [-0.2, -0.15) is 10.4 Å². The van der Waals surface area contributed by atoms with Gasteiger partial charge < -0.3 is 0 Å². The number of nitrogens with zero attached hydrogens (tertiary/aromatic N) is 3. The molecular formula is C10H6N3. The van der Waals surface area contributed by atoms with E-state index < -0.39 is 0 Å². The van der Waals surface area contributed by atoms with Crippen LogP contribution in [-0.4, -0.2) is 9.78 Å². The molecule has 3 heteroatoms. The van der Waals surface area contributed by atoms with E-state index in [1.807, 2.05) is 12.1 Å². The van der Waals surface area contributed by atoms with Crippen molar-refractivity contribution in [1.82, 2.24) is 9.78 Å². The Morgan fingerprint density at radius 1 is 1.31 bits per heavy atom. The minimum atomic E-state index is 0.653. The quantitative estimate of drug-likeness (QED) is 0.648. The molecule has 0 saturated heterocycles. The highest BCUT2D eigenvalue weighted by Crippen LogP contribution is 2.06. The van der Waals surface area contributed by atoms with Crippen LogP contribution in [0.15, 0.2) is 36.7 Å². The van der Waals surface area contributed by atoms with E-state index in [1.165, 1.54) is 0 Å². The van der Waals surface area contributed by atoms with Gasteiger partial charge in [0, 0.05) is 12.3 Å². The van der Waals surface area contributed by atoms with E-state index in [0.717, 1.165) is 5.69 Å². The molecule has 0 fully saturated rings. The molecule has 1 aromatic heterocycles. The standard InChI is InChI=1S/C10H6N3/c11-8-9-2-4-10(5-3-9)13-7-1-6-12-13/h2-7H. The number of rotatable bonds is 1. The Balaban J connectivity index is 2.40. The molecule has 0 saturated carbocycles. The monoisotopic (exact) mass is 168 g/mol. The first-order valence-corrected chi connectivity index (χ1v) is 3.81. The normalized spacial score (nSPS) is 9.46. The summed E-state index contributed by atoms with van der Waals surface area (Å²) in [5.41, 5.74) is 1.58. The van der Waals surface area contributed by atoms with Gasteiger partial charge in [-0.15, -0.1) is 0 Å². The van der Waals surface area contributed by atoms with E-state index in [4.69, 9.17) is 5.26 Å². The second-order valence-electron chi connectivity index (χ2n) is 2.54. The number of benzene rings is 1. The number of aromatic nitrogens is 2. The van der Waals surface area contributed by atoms with E-state index in [0.29, 0.717) is 5.56 Å². The van der Waals surface area contributed by atoms with Gasteiger partial charge in [-0.25, -0.2) is 4.68 Å². The van der Waals surface area contributed by atoms with Crippen LogP contribution in [0.2, 0.25) is 0 Å². The van der Waals surface area contributed by atoms with E-state index in [9.17, 15) is 0 Å². The minimum Gasteiger partial charge on any atom is -0.240 e. The zero-order valence-corrected chi connectivity index (χ0v) is 6.81. The maximum Gasteiger partial charge on any atom is 0.0991 e. The van der Waals surface area contributed by atoms with Gasteiger partial charge in [-0.1, -0.05) is 0 Å². The molecular weight excluding hydrogens is 162 g/mol. The van der Waals surface area contributed by atoms with Gasteiger partial charge in [0.05, 0.1) is 23.5 Å². The summed E-state index contributed by atoms with van der Waals surface area (Å²) in [7, 11) is 0. The Labute approximate surface area is 75.9 Å². The summed E-state index contributed by atoms with van der Waals surface area (Å²) in [4.78, 5) is 0. The zero-order chi connectivity index (χ0) is 9.10. The topological polar surface area (TPSA) is 41.6 Å². The average molecular weight is 168 g/mol. The Morgan fingerprint density at radius 2 is 2.08 bits per heavy atom. The minimum absolute atomic E-state index is 0.653. The van der Waals surface area contributed by atoms with Crippen LogP contribution in [0, 0.1) is 17.4 Å². The lowest BCUT2D eigenvalue weighted by atomic mass is 10.2. The molecule has 1 aromatic carbocycles. The van der Waals surface area contributed by atoms with Crippen molar-refractivity contribution >= 4 is 0 Å². The van der Waals surface area contributed by atoms with Crippen molar-refractivity contribution in [3.05, 3.63) is 48.3 Å². The largest absolute Gasteiger partial charge is 0.240 e. The van der Waals surface area contributed by atoms with Crippen molar-refractivity contribution in [3.63, 3.8) is 0 Å². The van der Waals surface area contributed by atoms with Crippen LogP contribution in [0.25, 0.3) is 5.69 Å². The maximum absolute atomic E-state index is 8.58. The van der Waals surface area contributed by atoms with Gasteiger partial charge in [0.2, 0.25) is 0 Å². The van der Waals surface area contributed by atoms with Crippen molar-refractivity contribution in [3.8, 4) is 11.8 Å². The lowest BCUT2D eigenvalue weighted by Crippen LogP contribution is -1.93. The zero-order valence-electron chi connectivity index (χ0n) is 6.81. The molecule has 1 radical (unpaired) electrons. The Hall–Kier alpha value is -2.08. The first-order valence-electron chi connectivity index (χ1n) is 3.81. The van der Waals surface area contributed by atoms with E-state index in [2.05, 4.69) is 17.2 Å². The Kier molecular flexibility index (Phi) is 1.81. The third-order valence-corrected chi connectivity index (χ3v) is 1.71. The fourth-order valence-electron chi connectivity index (χ4n) is 1.06.